The fraction of sp³-hybridized carbons (Fsp3) is 0.462. The largest absolute Gasteiger partial charge is 0.431 e. The molecule has 2 rings (SSSR count). The summed E-state index contributed by atoms with van der Waals surface area (Å²) in [5.41, 5.74) is 1.80. The second-order valence-corrected chi connectivity index (χ2v) is 5.11. The first-order valence-electron chi connectivity index (χ1n) is 6.01. The minimum Gasteiger partial charge on any atom is -0.431 e. The van der Waals surface area contributed by atoms with Crippen molar-refractivity contribution in [2.75, 3.05) is 12.3 Å². The van der Waals surface area contributed by atoms with Crippen molar-refractivity contribution in [2.24, 2.45) is 0 Å². The molecular weight excluding hydrogens is 232 g/mol. The Bertz CT molecular complexity index is 436. The minimum atomic E-state index is 0.583. The van der Waals surface area contributed by atoms with Gasteiger partial charge in [0.1, 0.15) is 5.52 Å². The lowest BCUT2D eigenvalue weighted by Crippen LogP contribution is -2.27. The maximum Gasteiger partial charge on any atom is 0.256 e. The molecule has 4 heteroatoms. The summed E-state index contributed by atoms with van der Waals surface area (Å²) in [7, 11) is 0. The molecule has 1 atom stereocenters. The first-order chi connectivity index (χ1) is 8.29. The number of thioether (sulfide) groups is 1. The van der Waals surface area contributed by atoms with Gasteiger partial charge in [-0.15, -0.1) is 0 Å². The third-order valence-electron chi connectivity index (χ3n) is 2.71. The molecule has 1 aromatic carbocycles. The van der Waals surface area contributed by atoms with Crippen molar-refractivity contribution < 1.29 is 4.42 Å². The number of nitrogens with one attached hydrogen (secondary N) is 1. The Morgan fingerprint density at radius 2 is 2.24 bits per heavy atom. The molecular formula is C13H18N2OS. The number of rotatable bonds is 6. The molecule has 0 saturated carbocycles. The van der Waals surface area contributed by atoms with Gasteiger partial charge in [-0.1, -0.05) is 30.8 Å². The summed E-state index contributed by atoms with van der Waals surface area (Å²) in [6.45, 7) is 5.37. The molecule has 2 aromatic rings. The summed E-state index contributed by atoms with van der Waals surface area (Å²) in [6, 6.07) is 8.44. The Morgan fingerprint density at radius 1 is 1.41 bits per heavy atom. The second-order valence-electron chi connectivity index (χ2n) is 4.06. The summed E-state index contributed by atoms with van der Waals surface area (Å²) < 4.78 is 5.63. The summed E-state index contributed by atoms with van der Waals surface area (Å²) in [4.78, 5) is 4.42. The van der Waals surface area contributed by atoms with Crippen molar-refractivity contribution in [2.45, 2.75) is 31.5 Å². The van der Waals surface area contributed by atoms with E-state index in [1.165, 1.54) is 0 Å². The number of para-hydroxylation sites is 2. The van der Waals surface area contributed by atoms with E-state index >= 15 is 0 Å². The van der Waals surface area contributed by atoms with E-state index < -0.39 is 0 Å². The van der Waals surface area contributed by atoms with Crippen molar-refractivity contribution in [1.82, 2.24) is 10.3 Å². The molecule has 0 saturated heterocycles. The van der Waals surface area contributed by atoms with Gasteiger partial charge in [0.25, 0.3) is 5.22 Å². The summed E-state index contributed by atoms with van der Waals surface area (Å²) in [6.07, 6.45) is 1.16. The molecule has 3 nitrogen and oxygen atoms in total. The van der Waals surface area contributed by atoms with Crippen LogP contribution in [0.2, 0.25) is 0 Å². The number of hydrogen-bond acceptors (Lipinski definition) is 4. The molecule has 0 aliphatic rings. The van der Waals surface area contributed by atoms with E-state index in [1.54, 1.807) is 11.8 Å². The lowest BCUT2D eigenvalue weighted by molar-refractivity contribution is 0.488. The first kappa shape index (κ1) is 12.5. The van der Waals surface area contributed by atoms with Crippen LogP contribution in [0.1, 0.15) is 20.3 Å². The number of aromatic nitrogens is 1. The zero-order valence-corrected chi connectivity index (χ0v) is 11.1. The highest BCUT2D eigenvalue weighted by Crippen LogP contribution is 2.22. The van der Waals surface area contributed by atoms with Gasteiger partial charge in [0.05, 0.1) is 0 Å². The van der Waals surface area contributed by atoms with Crippen LogP contribution in [0.5, 0.6) is 0 Å². The molecule has 17 heavy (non-hydrogen) atoms. The number of benzene rings is 1. The molecule has 1 aromatic heterocycles. The predicted octanol–water partition coefficient (Wildman–Crippen LogP) is 3.31. The molecule has 1 N–H and O–H groups in total. The van der Waals surface area contributed by atoms with Crippen LogP contribution in [-0.2, 0) is 0 Å². The molecule has 1 unspecified atom stereocenters. The second kappa shape index (κ2) is 6.07. The molecule has 0 spiro atoms. The summed E-state index contributed by atoms with van der Waals surface area (Å²) in [5, 5.41) is 4.21. The Hall–Kier alpha value is -1.00. The van der Waals surface area contributed by atoms with Crippen LogP contribution >= 0.6 is 11.8 Å². The molecule has 0 aliphatic carbocycles. The van der Waals surface area contributed by atoms with Gasteiger partial charge < -0.3 is 9.73 Å². The van der Waals surface area contributed by atoms with E-state index in [2.05, 4.69) is 24.1 Å². The van der Waals surface area contributed by atoms with Crippen LogP contribution in [-0.4, -0.2) is 23.3 Å². The van der Waals surface area contributed by atoms with Crippen molar-refractivity contribution in [3.8, 4) is 0 Å². The summed E-state index contributed by atoms with van der Waals surface area (Å²) in [5.74, 6) is 0.983. The van der Waals surface area contributed by atoms with E-state index in [-0.39, 0.29) is 0 Å². The van der Waals surface area contributed by atoms with Crippen molar-refractivity contribution in [3.63, 3.8) is 0 Å². The third kappa shape index (κ3) is 3.48. The van der Waals surface area contributed by atoms with E-state index in [0.717, 1.165) is 35.0 Å². The Balaban J connectivity index is 1.83. The fourth-order valence-electron chi connectivity index (χ4n) is 1.50. The molecule has 0 bridgehead atoms. The zero-order chi connectivity index (χ0) is 12.1. The Labute approximate surface area is 106 Å². The quantitative estimate of drug-likeness (QED) is 0.630. The molecule has 92 valence electrons. The van der Waals surface area contributed by atoms with Gasteiger partial charge in [-0.3, -0.25) is 0 Å². The monoisotopic (exact) mass is 250 g/mol. The molecule has 0 aliphatic heterocycles. The highest BCUT2D eigenvalue weighted by atomic mass is 32.2. The van der Waals surface area contributed by atoms with Crippen molar-refractivity contribution in [1.29, 1.82) is 0 Å². The fourth-order valence-corrected chi connectivity index (χ4v) is 2.21. The smallest absolute Gasteiger partial charge is 0.256 e. The van der Waals surface area contributed by atoms with E-state index in [0.29, 0.717) is 6.04 Å². The predicted molar refractivity (Wildman–Crippen MR) is 72.5 cm³/mol. The topological polar surface area (TPSA) is 38.1 Å². The van der Waals surface area contributed by atoms with Gasteiger partial charge in [0.2, 0.25) is 0 Å². The van der Waals surface area contributed by atoms with Crippen molar-refractivity contribution >= 4 is 22.9 Å². The number of hydrogen-bond donors (Lipinski definition) is 1. The molecule has 0 fully saturated rings. The van der Waals surface area contributed by atoms with Crippen molar-refractivity contribution in [3.05, 3.63) is 24.3 Å². The van der Waals surface area contributed by atoms with Crippen LogP contribution in [0.15, 0.2) is 33.9 Å². The van der Waals surface area contributed by atoms with Crippen LogP contribution in [0, 0.1) is 0 Å². The SMILES string of the molecule is CCC(C)NCCSc1nc2ccccc2o1. The highest BCUT2D eigenvalue weighted by Gasteiger charge is 2.05. The molecule has 0 amide bonds. The average molecular weight is 250 g/mol. The zero-order valence-electron chi connectivity index (χ0n) is 10.3. The van der Waals surface area contributed by atoms with Crippen LogP contribution in [0.3, 0.4) is 0 Å². The van der Waals surface area contributed by atoms with Gasteiger partial charge in [-0.25, -0.2) is 4.98 Å². The first-order valence-corrected chi connectivity index (χ1v) is 7.00. The molecule has 0 radical (unpaired) electrons. The number of nitrogens with zero attached hydrogens (tertiary/aromatic N) is 1. The Morgan fingerprint density at radius 3 is 3.00 bits per heavy atom. The van der Waals surface area contributed by atoms with Gasteiger partial charge in [0.15, 0.2) is 5.58 Å². The van der Waals surface area contributed by atoms with E-state index in [1.807, 2.05) is 24.3 Å². The Kier molecular flexibility index (Phi) is 4.45. The lowest BCUT2D eigenvalue weighted by Gasteiger charge is -2.09. The van der Waals surface area contributed by atoms with Gasteiger partial charge in [0, 0.05) is 18.3 Å². The highest BCUT2D eigenvalue weighted by molar-refractivity contribution is 7.99. The van der Waals surface area contributed by atoms with Gasteiger partial charge in [-0.05, 0) is 25.5 Å². The molecule has 1 heterocycles. The number of oxazole rings is 1. The average Bonchev–Trinajstić information content (AvgIpc) is 2.76. The van der Waals surface area contributed by atoms with Crippen LogP contribution < -0.4 is 5.32 Å². The lowest BCUT2D eigenvalue weighted by atomic mass is 10.3. The standard InChI is InChI=1S/C13H18N2OS/c1-3-10(2)14-8-9-17-13-15-11-6-4-5-7-12(11)16-13/h4-7,10,14H,3,8-9H2,1-2H3. The van der Waals surface area contributed by atoms with Crippen LogP contribution in [0.25, 0.3) is 11.1 Å². The maximum absolute atomic E-state index is 5.63. The third-order valence-corrected chi connectivity index (χ3v) is 3.54. The minimum absolute atomic E-state index is 0.583. The van der Waals surface area contributed by atoms with E-state index in [9.17, 15) is 0 Å². The summed E-state index contributed by atoms with van der Waals surface area (Å²) >= 11 is 1.66. The van der Waals surface area contributed by atoms with Crippen LogP contribution in [0.4, 0.5) is 0 Å². The van der Waals surface area contributed by atoms with E-state index in [4.69, 9.17) is 4.42 Å². The maximum atomic E-state index is 5.63. The normalized spacial score (nSPS) is 13.1. The van der Waals surface area contributed by atoms with Gasteiger partial charge >= 0.3 is 0 Å². The van der Waals surface area contributed by atoms with Gasteiger partial charge in [-0.2, -0.15) is 0 Å². The number of fused-ring (bicyclic) bond motifs is 1.